The van der Waals surface area contributed by atoms with Crippen LogP contribution in [0.25, 0.3) is 11.1 Å². The molecule has 0 unspecified atom stereocenters. The van der Waals surface area contributed by atoms with E-state index < -0.39 is 0 Å². The molecule has 0 aliphatic carbocycles. The van der Waals surface area contributed by atoms with Gasteiger partial charge in [0.2, 0.25) is 5.95 Å². The number of hydrogen-bond acceptors (Lipinski definition) is 7. The lowest BCUT2D eigenvalue weighted by molar-refractivity contribution is 0.0973. The lowest BCUT2D eigenvalue weighted by Crippen LogP contribution is -2.51. The first-order chi connectivity index (χ1) is 13.9. The largest absolute Gasteiger partial charge is 0.383 e. The average Bonchev–Trinajstić information content (AvgIpc) is 3.00. The molecule has 156 valence electrons. The van der Waals surface area contributed by atoms with Crippen molar-refractivity contribution in [2.75, 3.05) is 36.6 Å². The lowest BCUT2D eigenvalue weighted by Gasteiger charge is -2.41. The molecule has 0 radical (unpaired) electrons. The van der Waals surface area contributed by atoms with E-state index in [0.717, 1.165) is 36.4 Å². The van der Waals surface area contributed by atoms with E-state index in [1.807, 2.05) is 37.4 Å². The second kappa shape index (κ2) is 7.66. The zero-order chi connectivity index (χ0) is 20.8. The first-order valence-corrected chi connectivity index (χ1v) is 11.2. The molecule has 1 aromatic heterocycles. The van der Waals surface area contributed by atoms with E-state index >= 15 is 0 Å². The molecule has 3 heterocycles. The van der Waals surface area contributed by atoms with E-state index in [9.17, 15) is 4.79 Å². The summed E-state index contributed by atoms with van der Waals surface area (Å²) in [7, 11) is 1.76. The van der Waals surface area contributed by atoms with Crippen LogP contribution < -0.4 is 21.9 Å². The summed E-state index contributed by atoms with van der Waals surface area (Å²) < 4.78 is 7.42. The summed E-state index contributed by atoms with van der Waals surface area (Å²) >= 11 is 1.66. The summed E-state index contributed by atoms with van der Waals surface area (Å²) in [6.45, 7) is 4.32. The van der Waals surface area contributed by atoms with Gasteiger partial charge in [0.05, 0.1) is 18.3 Å². The summed E-state index contributed by atoms with van der Waals surface area (Å²) in [5.74, 6) is 0.891. The number of nitrogens with zero attached hydrogens (tertiary/aromatic N) is 3. The van der Waals surface area contributed by atoms with Crippen LogP contribution in [0.1, 0.15) is 19.8 Å². The Labute approximate surface area is 175 Å². The van der Waals surface area contributed by atoms with Crippen molar-refractivity contribution >= 4 is 23.5 Å². The molecule has 4 rings (SSSR count). The summed E-state index contributed by atoms with van der Waals surface area (Å²) in [5, 5.41) is 0. The molecule has 2 saturated heterocycles. The van der Waals surface area contributed by atoms with Crippen LogP contribution in [0, 0.1) is 5.41 Å². The average molecular weight is 416 g/mol. The zero-order valence-electron chi connectivity index (χ0n) is 17.2. The highest BCUT2D eigenvalue weighted by Gasteiger charge is 2.47. The maximum atomic E-state index is 13.1. The summed E-state index contributed by atoms with van der Waals surface area (Å²) in [5.41, 5.74) is 13.8. The predicted molar refractivity (Wildman–Crippen MR) is 118 cm³/mol. The molecule has 0 bridgehead atoms. The topological polar surface area (TPSA) is 99.4 Å². The quantitative estimate of drug-likeness (QED) is 0.741. The zero-order valence-corrected chi connectivity index (χ0v) is 18.0. The molecular weight excluding hydrogens is 386 g/mol. The van der Waals surface area contributed by atoms with Crippen LogP contribution in [0.2, 0.25) is 0 Å². The number of nitrogen functional groups attached to an aromatic ring is 1. The van der Waals surface area contributed by atoms with Gasteiger partial charge < -0.3 is 21.1 Å². The fourth-order valence-corrected chi connectivity index (χ4v) is 4.95. The van der Waals surface area contributed by atoms with Crippen molar-refractivity contribution in [3.05, 3.63) is 34.6 Å². The highest BCUT2D eigenvalue weighted by molar-refractivity contribution is 7.98. The number of hydrogen-bond donors (Lipinski definition) is 2. The highest BCUT2D eigenvalue weighted by atomic mass is 32.2. The van der Waals surface area contributed by atoms with Gasteiger partial charge in [-0.2, -0.15) is 4.98 Å². The van der Waals surface area contributed by atoms with Crippen molar-refractivity contribution in [1.29, 1.82) is 0 Å². The molecule has 2 aromatic rings. The van der Waals surface area contributed by atoms with E-state index in [2.05, 4.69) is 9.88 Å². The number of thioether (sulfide) groups is 1. The van der Waals surface area contributed by atoms with Gasteiger partial charge in [-0.05, 0) is 43.7 Å². The third-order valence-corrected chi connectivity index (χ3v) is 7.31. The van der Waals surface area contributed by atoms with E-state index in [1.54, 1.807) is 23.4 Å². The summed E-state index contributed by atoms with van der Waals surface area (Å²) in [6, 6.07) is 7.88. The van der Waals surface area contributed by atoms with Gasteiger partial charge in [-0.15, -0.1) is 11.8 Å². The molecule has 7 nitrogen and oxygen atoms in total. The Hall–Kier alpha value is -2.03. The Morgan fingerprint density at radius 1 is 1.24 bits per heavy atom. The minimum Gasteiger partial charge on any atom is -0.383 e. The van der Waals surface area contributed by atoms with E-state index in [4.69, 9.17) is 16.2 Å². The van der Waals surface area contributed by atoms with E-state index in [1.165, 1.54) is 0 Å². The maximum absolute atomic E-state index is 13.1. The Bertz CT molecular complexity index is 951. The van der Waals surface area contributed by atoms with Crippen LogP contribution in [-0.2, 0) is 11.8 Å². The van der Waals surface area contributed by atoms with Crippen molar-refractivity contribution in [3.8, 4) is 11.1 Å². The number of ether oxygens (including phenoxy) is 1. The summed E-state index contributed by atoms with van der Waals surface area (Å²) in [6.07, 6.45) is 3.96. The van der Waals surface area contributed by atoms with Gasteiger partial charge in [0.1, 0.15) is 5.82 Å². The number of rotatable bonds is 3. The fraction of sp³-hybridized carbons (Fsp3) is 0.524. The third-order valence-electron chi connectivity index (χ3n) is 6.56. The van der Waals surface area contributed by atoms with Crippen molar-refractivity contribution in [3.63, 3.8) is 0 Å². The van der Waals surface area contributed by atoms with E-state index in [0.29, 0.717) is 18.1 Å². The second-order valence-electron chi connectivity index (χ2n) is 8.16. The lowest BCUT2D eigenvalue weighted by atomic mass is 9.73. The first kappa shape index (κ1) is 20.3. The molecule has 29 heavy (non-hydrogen) atoms. The highest BCUT2D eigenvalue weighted by Crippen LogP contribution is 2.41. The predicted octanol–water partition coefficient (Wildman–Crippen LogP) is 2.08. The monoisotopic (exact) mass is 415 g/mol. The molecule has 2 fully saturated rings. The van der Waals surface area contributed by atoms with Gasteiger partial charge in [0, 0.05) is 36.5 Å². The van der Waals surface area contributed by atoms with Gasteiger partial charge >= 0.3 is 0 Å². The Morgan fingerprint density at radius 3 is 2.45 bits per heavy atom. The third kappa shape index (κ3) is 3.43. The molecule has 2 aliphatic heterocycles. The molecule has 1 spiro atoms. The van der Waals surface area contributed by atoms with Crippen molar-refractivity contribution in [2.45, 2.75) is 36.8 Å². The number of nitrogens with two attached hydrogens (primary N) is 2. The molecule has 0 amide bonds. The van der Waals surface area contributed by atoms with Crippen molar-refractivity contribution in [2.24, 2.45) is 18.2 Å². The second-order valence-corrected chi connectivity index (χ2v) is 9.04. The Morgan fingerprint density at radius 2 is 1.90 bits per heavy atom. The minimum absolute atomic E-state index is 0.0271. The van der Waals surface area contributed by atoms with Crippen LogP contribution in [-0.4, -0.2) is 47.6 Å². The van der Waals surface area contributed by atoms with Crippen LogP contribution in [0.15, 0.2) is 34.0 Å². The number of aromatic nitrogens is 2. The standard InChI is InChI=1S/C21H29N5O2S/c1-13-17(22)21(12-28-13)8-10-26(11-9-21)20-24-18(23)16(19(27)25(20)2)14-4-6-15(29-3)7-5-14/h4-7,13,17H,8-12,22-23H2,1-3H3/t13-,17+/m0/s1. The Balaban J connectivity index is 1.61. The minimum atomic E-state index is -0.126. The Kier molecular flexibility index (Phi) is 5.35. The van der Waals surface area contributed by atoms with Gasteiger partial charge in [-0.1, -0.05) is 12.1 Å². The fourth-order valence-electron chi connectivity index (χ4n) is 4.54. The molecule has 2 aliphatic rings. The summed E-state index contributed by atoms with van der Waals surface area (Å²) in [4.78, 5) is 21.0. The number of piperidine rings is 1. The van der Waals surface area contributed by atoms with Crippen LogP contribution in [0.5, 0.6) is 0 Å². The van der Waals surface area contributed by atoms with Crippen LogP contribution in [0.4, 0.5) is 11.8 Å². The SMILES string of the molecule is CSc1ccc(-c2c(N)nc(N3CCC4(CC3)CO[C@@H](C)[C@H]4N)n(C)c2=O)cc1. The molecule has 1 aromatic carbocycles. The first-order valence-electron chi connectivity index (χ1n) is 9.99. The van der Waals surface area contributed by atoms with E-state index in [-0.39, 0.29) is 28.9 Å². The number of benzene rings is 1. The van der Waals surface area contributed by atoms with Gasteiger partial charge in [0.15, 0.2) is 0 Å². The smallest absolute Gasteiger partial charge is 0.264 e. The normalized spacial score (nSPS) is 23.7. The molecular formula is C21H29N5O2S. The van der Waals surface area contributed by atoms with Crippen molar-refractivity contribution < 1.29 is 4.74 Å². The van der Waals surface area contributed by atoms with Crippen LogP contribution in [0.3, 0.4) is 0 Å². The van der Waals surface area contributed by atoms with Crippen molar-refractivity contribution in [1.82, 2.24) is 9.55 Å². The molecule has 4 N–H and O–H groups in total. The maximum Gasteiger partial charge on any atom is 0.264 e. The van der Waals surface area contributed by atoms with Crippen LogP contribution >= 0.6 is 11.8 Å². The molecule has 8 heteroatoms. The van der Waals surface area contributed by atoms with Gasteiger partial charge in [0.25, 0.3) is 5.56 Å². The number of anilines is 2. The van der Waals surface area contributed by atoms with Gasteiger partial charge in [-0.3, -0.25) is 9.36 Å². The molecule has 2 atom stereocenters. The van der Waals surface area contributed by atoms with Gasteiger partial charge in [-0.25, -0.2) is 0 Å². The molecule has 0 saturated carbocycles.